The first-order chi connectivity index (χ1) is 27.9. The van der Waals surface area contributed by atoms with Crippen molar-refractivity contribution in [2.75, 3.05) is 20.2 Å². The summed E-state index contributed by atoms with van der Waals surface area (Å²) in [6, 6.07) is 13.3. The van der Waals surface area contributed by atoms with Crippen LogP contribution in [0.1, 0.15) is 102 Å². The lowest BCUT2D eigenvalue weighted by atomic mass is 9.89. The van der Waals surface area contributed by atoms with E-state index in [1.165, 1.54) is 12.7 Å². The van der Waals surface area contributed by atoms with Crippen LogP contribution >= 0.6 is 0 Å². The lowest BCUT2D eigenvalue weighted by molar-refractivity contribution is -0.137. The number of aromatic amines is 2. The molecule has 58 heavy (non-hydrogen) atoms. The van der Waals surface area contributed by atoms with Crippen molar-refractivity contribution in [3.63, 3.8) is 0 Å². The molecule has 0 bridgehead atoms. The van der Waals surface area contributed by atoms with E-state index in [9.17, 15) is 24.3 Å². The Morgan fingerprint density at radius 1 is 0.897 bits per heavy atom. The Labute approximate surface area is 339 Å². The van der Waals surface area contributed by atoms with Crippen LogP contribution in [0.5, 0.6) is 0 Å². The van der Waals surface area contributed by atoms with Gasteiger partial charge >= 0.3 is 12.2 Å². The van der Waals surface area contributed by atoms with E-state index in [0.29, 0.717) is 13.1 Å². The summed E-state index contributed by atoms with van der Waals surface area (Å²) in [7, 11) is 1.30. The molecule has 2 aliphatic carbocycles. The molecule has 0 spiro atoms. The van der Waals surface area contributed by atoms with Crippen LogP contribution in [0.4, 0.5) is 9.59 Å². The number of carbonyl (C=O) groups is 4. The Morgan fingerprint density at radius 3 is 2.31 bits per heavy atom. The lowest BCUT2D eigenvalue weighted by Crippen LogP contribution is -2.54. The fourth-order valence-electron chi connectivity index (χ4n) is 9.18. The summed E-state index contributed by atoms with van der Waals surface area (Å²) in [5.74, 6) is 1.08. The molecule has 2 aromatic carbocycles. The van der Waals surface area contributed by atoms with Gasteiger partial charge in [0.2, 0.25) is 11.8 Å². The minimum Gasteiger partial charge on any atom is -0.465 e. The highest BCUT2D eigenvalue weighted by Gasteiger charge is 2.40. The molecule has 1 aliphatic heterocycles. The van der Waals surface area contributed by atoms with Gasteiger partial charge in [0.1, 0.15) is 23.7 Å². The number of benzene rings is 2. The quantitative estimate of drug-likeness (QED) is 0.101. The Balaban J connectivity index is 1.05. The van der Waals surface area contributed by atoms with Crippen LogP contribution < -0.4 is 10.6 Å². The predicted molar refractivity (Wildman–Crippen MR) is 220 cm³/mol. The number of aromatic nitrogens is 4. The standard InChI is InChI=1S/C44H56N8O6/c1-7-51(41(53)36(24(2)3)49-43(55)56)34-11-8-10-31(34)39-45-23-33(47-39)27-15-13-26(14-16-27)28-17-19-30-29(22-28)18-20-32-38(30)48-40(46-32)35-12-9-21-52(35)42(54)37(25(4)5)50-44(57)58-6/h13-17,19,22-25,31,34-37,49H,7-12,18,20-21H2,1-6H3,(H,45,47)(H,46,48)(H,50,57)(H,55,56)/t31-,34-,35-,36-,37-/m0/s1. The average molecular weight is 793 g/mol. The van der Waals surface area contributed by atoms with E-state index in [4.69, 9.17) is 14.7 Å². The number of H-pyrrole nitrogens is 2. The van der Waals surface area contributed by atoms with Gasteiger partial charge in [-0.2, -0.15) is 0 Å². The first kappa shape index (κ1) is 40.5. The van der Waals surface area contributed by atoms with E-state index < -0.39 is 24.3 Å². The molecular weight excluding hydrogens is 737 g/mol. The van der Waals surface area contributed by atoms with E-state index in [0.717, 1.165) is 95.9 Å². The number of nitrogens with zero attached hydrogens (tertiary/aromatic N) is 4. The van der Waals surface area contributed by atoms with Gasteiger partial charge in [0.15, 0.2) is 0 Å². The number of likely N-dealkylation sites (tertiary alicyclic amines) is 1. The van der Waals surface area contributed by atoms with E-state index in [1.54, 1.807) is 0 Å². The monoisotopic (exact) mass is 792 g/mol. The van der Waals surface area contributed by atoms with Crippen LogP contribution in [0, 0.1) is 11.8 Å². The van der Waals surface area contributed by atoms with E-state index >= 15 is 0 Å². The highest BCUT2D eigenvalue weighted by Crippen LogP contribution is 2.40. The van der Waals surface area contributed by atoms with E-state index in [2.05, 4.69) is 63.1 Å². The van der Waals surface area contributed by atoms with Crippen molar-refractivity contribution in [2.45, 2.75) is 110 Å². The zero-order chi connectivity index (χ0) is 41.2. The van der Waals surface area contributed by atoms with Crippen molar-refractivity contribution >= 4 is 24.0 Å². The second-order valence-electron chi connectivity index (χ2n) is 16.5. The molecule has 2 fully saturated rings. The molecule has 3 heterocycles. The molecule has 14 nitrogen and oxygen atoms in total. The molecule has 7 rings (SSSR count). The number of carboxylic acid groups (broad SMARTS) is 1. The normalized spacial score (nSPS) is 19.7. The first-order valence-corrected chi connectivity index (χ1v) is 20.7. The summed E-state index contributed by atoms with van der Waals surface area (Å²) < 4.78 is 4.79. The summed E-state index contributed by atoms with van der Waals surface area (Å²) >= 11 is 0. The second-order valence-corrected chi connectivity index (χ2v) is 16.5. The molecule has 1 saturated carbocycles. The third kappa shape index (κ3) is 8.06. The molecule has 4 amide bonds. The van der Waals surface area contributed by atoms with Crippen LogP contribution in [-0.2, 0) is 27.2 Å². The molecule has 14 heteroatoms. The fourth-order valence-corrected chi connectivity index (χ4v) is 9.18. The maximum atomic E-state index is 13.7. The minimum atomic E-state index is -1.20. The number of amides is 4. The maximum Gasteiger partial charge on any atom is 0.407 e. The Hall–Kier alpha value is -5.66. The van der Waals surface area contributed by atoms with Crippen molar-refractivity contribution < 1.29 is 29.0 Å². The molecular formula is C44H56N8O6. The number of rotatable bonds is 12. The van der Waals surface area contributed by atoms with Gasteiger partial charge in [-0.15, -0.1) is 0 Å². The maximum absolute atomic E-state index is 13.7. The van der Waals surface area contributed by atoms with Crippen LogP contribution in [0.2, 0.25) is 0 Å². The number of ether oxygens (including phenoxy) is 1. The van der Waals surface area contributed by atoms with Gasteiger partial charge in [-0.25, -0.2) is 19.6 Å². The molecule has 1 saturated heterocycles. The Kier molecular flexibility index (Phi) is 11.9. The summed E-state index contributed by atoms with van der Waals surface area (Å²) in [6.07, 6.45) is 6.10. The van der Waals surface area contributed by atoms with E-state index in [-0.39, 0.29) is 41.7 Å². The Morgan fingerprint density at radius 2 is 1.62 bits per heavy atom. The zero-order valence-corrected chi connectivity index (χ0v) is 34.3. The molecule has 0 unspecified atom stereocenters. The second kappa shape index (κ2) is 17.1. The molecule has 0 radical (unpaired) electrons. The number of hydrogen-bond donors (Lipinski definition) is 5. The lowest BCUT2D eigenvalue weighted by Gasteiger charge is -2.35. The smallest absolute Gasteiger partial charge is 0.407 e. The topological polar surface area (TPSA) is 186 Å². The molecule has 5 atom stereocenters. The molecule has 5 N–H and O–H groups in total. The number of fused-ring (bicyclic) bond motifs is 3. The van der Waals surface area contributed by atoms with Crippen LogP contribution in [0.3, 0.4) is 0 Å². The highest BCUT2D eigenvalue weighted by atomic mass is 16.5. The van der Waals surface area contributed by atoms with Crippen molar-refractivity contribution in [1.29, 1.82) is 0 Å². The number of likely N-dealkylation sites (N-methyl/N-ethyl adjacent to an activating group) is 1. The van der Waals surface area contributed by atoms with Crippen molar-refractivity contribution in [2.24, 2.45) is 11.8 Å². The number of imidazole rings is 2. The largest absolute Gasteiger partial charge is 0.465 e. The average Bonchev–Trinajstić information content (AvgIpc) is 4.05. The van der Waals surface area contributed by atoms with Gasteiger partial charge in [0.05, 0.1) is 30.7 Å². The minimum absolute atomic E-state index is 0.0309. The van der Waals surface area contributed by atoms with Gasteiger partial charge in [-0.3, -0.25) is 9.59 Å². The third-order valence-corrected chi connectivity index (χ3v) is 12.2. The summed E-state index contributed by atoms with van der Waals surface area (Å²) in [5.41, 5.74) is 8.49. The van der Waals surface area contributed by atoms with Crippen molar-refractivity contribution in [3.8, 4) is 33.6 Å². The van der Waals surface area contributed by atoms with Gasteiger partial charge in [-0.1, -0.05) is 76.6 Å². The number of methoxy groups -OCH3 is 1. The number of nitrogens with one attached hydrogen (secondary N) is 4. The predicted octanol–water partition coefficient (Wildman–Crippen LogP) is 7.05. The highest BCUT2D eigenvalue weighted by molar-refractivity contribution is 5.87. The number of hydrogen-bond acceptors (Lipinski definition) is 7. The first-order valence-electron chi connectivity index (χ1n) is 20.7. The summed E-state index contributed by atoms with van der Waals surface area (Å²) in [5, 5.41) is 14.5. The van der Waals surface area contributed by atoms with Crippen LogP contribution in [0.25, 0.3) is 33.6 Å². The van der Waals surface area contributed by atoms with Crippen LogP contribution in [0.15, 0.2) is 48.7 Å². The van der Waals surface area contributed by atoms with Gasteiger partial charge in [-0.05, 0) is 79.5 Å². The fraction of sp³-hybridized carbons (Fsp3) is 0.500. The summed E-state index contributed by atoms with van der Waals surface area (Å²) in [6.45, 7) is 10.6. The third-order valence-electron chi connectivity index (χ3n) is 12.2. The molecule has 4 aromatic rings. The van der Waals surface area contributed by atoms with Gasteiger partial charge in [0, 0.05) is 36.3 Å². The molecule has 308 valence electrons. The van der Waals surface area contributed by atoms with E-state index in [1.807, 2.05) is 50.6 Å². The van der Waals surface area contributed by atoms with Crippen molar-refractivity contribution in [1.82, 2.24) is 40.4 Å². The number of carbonyl (C=O) groups excluding carboxylic acids is 3. The van der Waals surface area contributed by atoms with Gasteiger partial charge in [0.25, 0.3) is 0 Å². The SMILES string of the molecule is CCN(C(=O)[C@@H](NC(=O)O)C(C)C)[C@H]1CCC[C@@H]1c1ncc(-c2ccc(-c3ccc4c(c3)CCc3[nH]c([C@@H]5CCCN5C(=O)[C@@H](NC(=O)OC)C(C)C)nc3-4)cc2)[nH]1. The molecule has 2 aromatic heterocycles. The number of alkyl carbamates (subject to hydrolysis) is 1. The Bertz CT molecular complexity index is 2140. The molecule has 3 aliphatic rings. The van der Waals surface area contributed by atoms with Crippen molar-refractivity contribution in [3.05, 3.63) is 71.6 Å². The number of aryl methyl sites for hydroxylation is 2. The zero-order valence-electron chi connectivity index (χ0n) is 34.3. The summed E-state index contributed by atoms with van der Waals surface area (Å²) in [4.78, 5) is 71.5. The van der Waals surface area contributed by atoms with Gasteiger partial charge < -0.3 is 40.2 Å². The van der Waals surface area contributed by atoms with Crippen LogP contribution in [-0.4, -0.2) is 97.2 Å².